The number of hydrogen-bond donors (Lipinski definition) is 1. The maximum Gasteiger partial charge on any atom is 0.169 e. The van der Waals surface area contributed by atoms with Gasteiger partial charge < -0.3 is 5.32 Å². The molecule has 0 radical (unpaired) electrons. The second kappa shape index (κ2) is 10.8. The van der Waals surface area contributed by atoms with Gasteiger partial charge in [-0.25, -0.2) is 15.0 Å². The van der Waals surface area contributed by atoms with Crippen LogP contribution in [0.1, 0.15) is 22.9 Å². The molecule has 0 fully saturated rings. The van der Waals surface area contributed by atoms with Gasteiger partial charge in [-0.05, 0) is 34.2 Å². The largest absolute Gasteiger partial charge is 0.324 e. The number of nitrogens with one attached hydrogen (secondary N) is 1. The van der Waals surface area contributed by atoms with Crippen LogP contribution in [0.3, 0.4) is 0 Å². The summed E-state index contributed by atoms with van der Waals surface area (Å²) in [7, 11) is 0. The number of nitrogens with zero attached hydrogens (tertiary/aromatic N) is 3. The van der Waals surface area contributed by atoms with E-state index in [0.29, 0.717) is 0 Å². The van der Waals surface area contributed by atoms with Crippen molar-refractivity contribution in [3.63, 3.8) is 0 Å². The van der Waals surface area contributed by atoms with Crippen LogP contribution in [0.5, 0.6) is 0 Å². The van der Waals surface area contributed by atoms with E-state index in [1.807, 2.05) is 30.3 Å². The number of hydrogen-bond acceptors (Lipinski definition) is 5. The standard InChI is InChI=1S/C38H26N4S/c1-4-10-25(11-5-1)26-16-19-29(20-17-26)36-40-35(28-12-6-2-7-13-28)41-37(42-36)31-21-18-27-22-23-33-34(32(27)24-31)39-38(43-33)30-14-8-3-9-15-30/h1-24,37H,(H,40,41,42). The van der Waals surface area contributed by atoms with Crippen molar-refractivity contribution < 1.29 is 0 Å². The summed E-state index contributed by atoms with van der Waals surface area (Å²) in [6, 6.07) is 50.5. The van der Waals surface area contributed by atoms with Crippen LogP contribution < -0.4 is 5.32 Å². The van der Waals surface area contributed by atoms with Crippen molar-refractivity contribution >= 4 is 44.0 Å². The van der Waals surface area contributed by atoms with Gasteiger partial charge in [0.1, 0.15) is 16.7 Å². The summed E-state index contributed by atoms with van der Waals surface area (Å²) in [6.07, 6.45) is -0.396. The van der Waals surface area contributed by atoms with E-state index in [9.17, 15) is 0 Å². The Balaban J connectivity index is 1.22. The van der Waals surface area contributed by atoms with Crippen LogP contribution in [0.25, 0.3) is 42.7 Å². The molecule has 43 heavy (non-hydrogen) atoms. The molecule has 6 aromatic carbocycles. The zero-order valence-corrected chi connectivity index (χ0v) is 24.0. The van der Waals surface area contributed by atoms with Crippen LogP contribution in [0.15, 0.2) is 156 Å². The van der Waals surface area contributed by atoms with Crippen molar-refractivity contribution in [1.29, 1.82) is 0 Å². The van der Waals surface area contributed by atoms with E-state index < -0.39 is 6.17 Å². The monoisotopic (exact) mass is 570 g/mol. The van der Waals surface area contributed by atoms with Gasteiger partial charge >= 0.3 is 0 Å². The maximum atomic E-state index is 5.14. The van der Waals surface area contributed by atoms with Crippen molar-refractivity contribution in [2.75, 3.05) is 0 Å². The first-order valence-corrected chi connectivity index (χ1v) is 15.1. The second-order valence-electron chi connectivity index (χ2n) is 10.5. The third kappa shape index (κ3) is 4.90. The van der Waals surface area contributed by atoms with E-state index >= 15 is 0 Å². The number of thiazole rings is 1. The molecule has 1 aromatic heterocycles. The lowest BCUT2D eigenvalue weighted by atomic mass is 10.0. The first-order chi connectivity index (χ1) is 21.3. The topological polar surface area (TPSA) is 49.6 Å². The summed E-state index contributed by atoms with van der Waals surface area (Å²) in [5, 5.41) is 6.82. The van der Waals surface area contributed by atoms with Crippen LogP contribution in [-0.2, 0) is 0 Å². The lowest BCUT2D eigenvalue weighted by Crippen LogP contribution is -2.36. The Morgan fingerprint density at radius 1 is 0.512 bits per heavy atom. The van der Waals surface area contributed by atoms with Crippen molar-refractivity contribution in [2.45, 2.75) is 6.17 Å². The quantitative estimate of drug-likeness (QED) is 0.224. The molecule has 1 unspecified atom stereocenters. The molecule has 1 aliphatic heterocycles. The minimum atomic E-state index is -0.396. The molecule has 2 heterocycles. The molecule has 204 valence electrons. The first-order valence-electron chi connectivity index (χ1n) is 14.3. The summed E-state index contributed by atoms with van der Waals surface area (Å²) in [4.78, 5) is 15.3. The molecule has 0 spiro atoms. The van der Waals surface area contributed by atoms with Gasteiger partial charge in [-0.1, -0.05) is 133 Å². The van der Waals surface area contributed by atoms with Crippen LogP contribution in [0, 0.1) is 0 Å². The van der Waals surface area contributed by atoms with Crippen LogP contribution in [0.2, 0.25) is 0 Å². The SMILES string of the molecule is c1ccc(C2=NC(c3ccc4ccc5sc(-c6ccccc6)nc5c4c3)N=C(c3ccc(-c4ccccc4)cc3)N2)cc1. The number of benzene rings is 6. The highest BCUT2D eigenvalue weighted by Crippen LogP contribution is 2.36. The Labute approximate surface area is 253 Å². The van der Waals surface area contributed by atoms with Crippen molar-refractivity contribution in [3.8, 4) is 21.7 Å². The average Bonchev–Trinajstić information content (AvgIpc) is 3.54. The van der Waals surface area contributed by atoms with E-state index in [1.165, 1.54) is 15.8 Å². The summed E-state index contributed by atoms with van der Waals surface area (Å²) in [5.41, 5.74) is 7.59. The number of aliphatic imine (C=N–C) groups is 2. The summed E-state index contributed by atoms with van der Waals surface area (Å²) in [6.45, 7) is 0. The molecule has 1 aliphatic rings. The molecular weight excluding hydrogens is 545 g/mol. The van der Waals surface area contributed by atoms with Gasteiger partial charge in [0.25, 0.3) is 0 Å². The zero-order chi connectivity index (χ0) is 28.6. The second-order valence-corrected chi connectivity index (χ2v) is 11.6. The van der Waals surface area contributed by atoms with Crippen molar-refractivity contribution in [1.82, 2.24) is 10.3 Å². The van der Waals surface area contributed by atoms with E-state index in [4.69, 9.17) is 15.0 Å². The van der Waals surface area contributed by atoms with E-state index in [1.54, 1.807) is 11.3 Å². The Hall–Kier alpha value is -5.39. The molecule has 5 heteroatoms. The minimum absolute atomic E-state index is 0.396. The number of aromatic nitrogens is 1. The van der Waals surface area contributed by atoms with Crippen LogP contribution in [-0.4, -0.2) is 16.7 Å². The lowest BCUT2D eigenvalue weighted by molar-refractivity contribution is 0.757. The molecule has 1 N–H and O–H groups in total. The summed E-state index contributed by atoms with van der Waals surface area (Å²) >= 11 is 1.73. The molecule has 0 aliphatic carbocycles. The predicted octanol–water partition coefficient (Wildman–Crippen LogP) is 9.28. The van der Waals surface area contributed by atoms with Gasteiger partial charge in [-0.3, -0.25) is 0 Å². The van der Waals surface area contributed by atoms with E-state index in [-0.39, 0.29) is 0 Å². The molecule has 0 saturated heterocycles. The Kier molecular flexibility index (Phi) is 6.35. The van der Waals surface area contributed by atoms with Crippen LogP contribution in [0.4, 0.5) is 0 Å². The average molecular weight is 571 g/mol. The van der Waals surface area contributed by atoms with Crippen LogP contribution >= 0.6 is 11.3 Å². The fourth-order valence-corrected chi connectivity index (χ4v) is 6.52. The highest BCUT2D eigenvalue weighted by atomic mass is 32.1. The highest BCUT2D eigenvalue weighted by Gasteiger charge is 2.21. The van der Waals surface area contributed by atoms with Crippen molar-refractivity contribution in [2.24, 2.45) is 9.98 Å². The molecule has 7 aromatic rings. The van der Waals surface area contributed by atoms with Gasteiger partial charge in [-0.2, -0.15) is 0 Å². The Bertz CT molecular complexity index is 2130. The van der Waals surface area contributed by atoms with Crippen molar-refractivity contribution in [3.05, 3.63) is 162 Å². The lowest BCUT2D eigenvalue weighted by Gasteiger charge is -2.22. The molecule has 0 bridgehead atoms. The molecule has 1 atom stereocenters. The third-order valence-electron chi connectivity index (χ3n) is 7.77. The fourth-order valence-electron chi connectivity index (χ4n) is 5.53. The zero-order valence-electron chi connectivity index (χ0n) is 23.2. The van der Waals surface area contributed by atoms with E-state index in [0.717, 1.165) is 55.2 Å². The maximum absolute atomic E-state index is 5.14. The van der Waals surface area contributed by atoms with Gasteiger partial charge in [0, 0.05) is 22.1 Å². The summed E-state index contributed by atoms with van der Waals surface area (Å²) < 4.78 is 1.17. The first kappa shape index (κ1) is 25.3. The normalized spacial score (nSPS) is 14.7. The van der Waals surface area contributed by atoms with Gasteiger partial charge in [0.2, 0.25) is 0 Å². The Morgan fingerprint density at radius 2 is 1.05 bits per heavy atom. The number of rotatable bonds is 5. The molecule has 4 nitrogen and oxygen atoms in total. The smallest absolute Gasteiger partial charge is 0.169 e. The molecule has 0 amide bonds. The van der Waals surface area contributed by atoms with Gasteiger partial charge in [-0.15, -0.1) is 11.3 Å². The van der Waals surface area contributed by atoms with E-state index in [2.05, 4.69) is 121 Å². The molecule has 0 saturated carbocycles. The molecule has 8 rings (SSSR count). The summed E-state index contributed by atoms with van der Waals surface area (Å²) in [5.74, 6) is 1.61. The fraction of sp³-hybridized carbons (Fsp3) is 0.0263. The third-order valence-corrected chi connectivity index (χ3v) is 8.84. The predicted molar refractivity (Wildman–Crippen MR) is 180 cm³/mol. The molecular formula is C38H26N4S. The van der Waals surface area contributed by atoms with Gasteiger partial charge in [0.15, 0.2) is 6.17 Å². The van der Waals surface area contributed by atoms with Gasteiger partial charge in [0.05, 0.1) is 10.2 Å². The highest BCUT2D eigenvalue weighted by molar-refractivity contribution is 7.21. The number of fused-ring (bicyclic) bond motifs is 3. The number of amidine groups is 2. The minimum Gasteiger partial charge on any atom is -0.324 e. The Morgan fingerprint density at radius 3 is 1.72 bits per heavy atom.